The van der Waals surface area contributed by atoms with Crippen molar-refractivity contribution in [1.29, 1.82) is 0 Å². The zero-order valence-electron chi connectivity index (χ0n) is 20.8. The first-order valence-corrected chi connectivity index (χ1v) is 11.5. The molecule has 0 unspecified atom stereocenters. The van der Waals surface area contributed by atoms with Crippen LogP contribution in [0.4, 0.5) is 5.69 Å². The van der Waals surface area contributed by atoms with E-state index in [1.54, 1.807) is 39.2 Å². The fourth-order valence-electron chi connectivity index (χ4n) is 6.02. The highest BCUT2D eigenvalue weighted by atomic mass is 16.5. The monoisotopic (exact) mass is 501 g/mol. The molecule has 4 rings (SSSR count). The Labute approximate surface area is 208 Å². The number of hydrogen-bond donors (Lipinski definition) is 5. The number of carbonyl (C=O) groups excluding carboxylic acids is 3. The van der Waals surface area contributed by atoms with Crippen molar-refractivity contribution in [1.82, 2.24) is 4.90 Å². The van der Waals surface area contributed by atoms with E-state index in [1.165, 1.54) is 12.0 Å². The Morgan fingerprint density at radius 3 is 2.36 bits per heavy atom. The average molecular weight is 502 g/mol. The van der Waals surface area contributed by atoms with E-state index in [4.69, 9.17) is 10.5 Å². The van der Waals surface area contributed by atoms with Gasteiger partial charge in [0.05, 0.1) is 18.2 Å². The summed E-state index contributed by atoms with van der Waals surface area (Å²) in [5.41, 5.74) is 3.25. The Balaban J connectivity index is 1.99. The van der Waals surface area contributed by atoms with E-state index in [-0.39, 0.29) is 36.3 Å². The number of Topliss-reactive ketones (excluding diaryl/α,β-unsaturated/α-hetero) is 2. The number of amides is 1. The fourth-order valence-corrected chi connectivity index (χ4v) is 6.02. The second-order valence-corrected chi connectivity index (χ2v) is 10.0. The molecule has 0 fully saturated rings. The van der Waals surface area contributed by atoms with Crippen LogP contribution in [0.1, 0.15) is 27.9 Å². The number of aliphatic hydroxyl groups is 3. The molecule has 0 aliphatic heterocycles. The number of rotatable bonds is 5. The second kappa shape index (κ2) is 8.61. The Morgan fingerprint density at radius 2 is 1.83 bits per heavy atom. The molecule has 0 spiro atoms. The maximum atomic E-state index is 13.8. The van der Waals surface area contributed by atoms with Crippen LogP contribution in [0, 0.1) is 11.8 Å². The van der Waals surface area contributed by atoms with Gasteiger partial charge in [0.25, 0.3) is 5.91 Å². The number of nitrogens with two attached hydrogens (primary N) is 1. The number of fused-ring (bicyclic) bond motifs is 3. The fraction of sp³-hybridized carbons (Fsp3) is 0.480. The van der Waals surface area contributed by atoms with E-state index in [9.17, 15) is 34.8 Å². The summed E-state index contributed by atoms with van der Waals surface area (Å²) < 4.78 is 5.16. The lowest BCUT2D eigenvalue weighted by Crippen LogP contribution is -2.63. The number of phenols is 1. The van der Waals surface area contributed by atoms with Crippen LogP contribution >= 0.6 is 0 Å². The van der Waals surface area contributed by atoms with Crippen LogP contribution in [-0.4, -0.2) is 89.7 Å². The maximum Gasteiger partial charge on any atom is 0.255 e. The van der Waals surface area contributed by atoms with Gasteiger partial charge < -0.3 is 35.8 Å². The first kappa shape index (κ1) is 25.7. The van der Waals surface area contributed by atoms with E-state index in [2.05, 4.69) is 0 Å². The topological polar surface area (TPSA) is 174 Å². The van der Waals surface area contributed by atoms with Gasteiger partial charge in [0, 0.05) is 43.9 Å². The number of ether oxygens (including phenoxy) is 1. The Morgan fingerprint density at radius 1 is 1.19 bits per heavy atom. The molecule has 1 aromatic carbocycles. The standard InChI is InChI=1S/C25H31N3O8/c1-27(2)14-8-11(9-36-5)19(29)16-12(14)6-10-7-13-18(28(3)4)21(31)17(24(26)34)23(33)25(13,35)22(32)15(10)20(16)30/h8,10,13,18,29,31-32,35H,6-7,9H2,1-5H3,(H2,26,34)/t10-,13-,18-,25-/m0/s1. The van der Waals surface area contributed by atoms with Crippen LogP contribution in [0.15, 0.2) is 28.7 Å². The minimum atomic E-state index is -2.66. The van der Waals surface area contributed by atoms with Crippen LogP contribution in [0.2, 0.25) is 0 Å². The van der Waals surface area contributed by atoms with Crippen LogP contribution in [-0.2, 0) is 27.4 Å². The predicted octanol–water partition coefficient (Wildman–Crippen LogP) is 0.333. The number of aromatic hydroxyl groups is 1. The van der Waals surface area contributed by atoms with Crippen LogP contribution in [0.5, 0.6) is 5.75 Å². The van der Waals surface area contributed by atoms with Crippen molar-refractivity contribution < 1.29 is 39.5 Å². The summed E-state index contributed by atoms with van der Waals surface area (Å²) in [5, 5.41) is 44.8. The Hall–Kier alpha value is -3.41. The summed E-state index contributed by atoms with van der Waals surface area (Å²) in [6.07, 6.45) is 0.266. The van der Waals surface area contributed by atoms with Gasteiger partial charge in [-0.25, -0.2) is 0 Å². The first-order valence-electron chi connectivity index (χ1n) is 11.5. The lowest BCUT2D eigenvalue weighted by atomic mass is 9.58. The number of aliphatic hydroxyl groups excluding tert-OH is 2. The van der Waals surface area contributed by atoms with E-state index in [0.717, 1.165) is 0 Å². The van der Waals surface area contributed by atoms with Crippen molar-refractivity contribution in [2.24, 2.45) is 17.6 Å². The summed E-state index contributed by atoms with van der Waals surface area (Å²) in [6, 6.07) is 0.709. The number of benzene rings is 1. The molecule has 4 atom stereocenters. The van der Waals surface area contributed by atoms with Gasteiger partial charge in [0.1, 0.15) is 22.8 Å². The number of ketones is 2. The molecule has 0 heterocycles. The molecule has 1 amide bonds. The number of likely N-dealkylation sites (N-methyl/N-ethyl adjacent to an activating group) is 1. The average Bonchev–Trinajstić information content (AvgIpc) is 2.77. The Kier molecular flexibility index (Phi) is 6.14. The van der Waals surface area contributed by atoms with E-state index in [1.807, 2.05) is 0 Å². The van der Waals surface area contributed by atoms with E-state index >= 15 is 0 Å². The van der Waals surface area contributed by atoms with Crippen LogP contribution in [0.3, 0.4) is 0 Å². The van der Waals surface area contributed by atoms with Crippen LogP contribution in [0.25, 0.3) is 0 Å². The van der Waals surface area contributed by atoms with Crippen molar-refractivity contribution >= 4 is 23.2 Å². The van der Waals surface area contributed by atoms with Crippen molar-refractivity contribution in [2.75, 3.05) is 40.2 Å². The number of anilines is 1. The number of methoxy groups -OCH3 is 1. The molecule has 0 aromatic heterocycles. The lowest BCUT2D eigenvalue weighted by molar-refractivity contribution is -0.148. The number of hydrogen-bond acceptors (Lipinski definition) is 10. The molecule has 3 aliphatic rings. The molecule has 0 saturated carbocycles. The second-order valence-electron chi connectivity index (χ2n) is 10.0. The number of carbonyl (C=O) groups is 3. The van der Waals surface area contributed by atoms with Gasteiger partial charge in [-0.2, -0.15) is 0 Å². The highest BCUT2D eigenvalue weighted by molar-refractivity contribution is 6.24. The third kappa shape index (κ3) is 3.34. The maximum absolute atomic E-state index is 13.8. The molecule has 6 N–H and O–H groups in total. The number of phenolic OH excluding ortho intramolecular Hbond substituents is 1. The van der Waals surface area contributed by atoms with Gasteiger partial charge in [-0.15, -0.1) is 0 Å². The minimum Gasteiger partial charge on any atom is -0.510 e. The molecule has 3 aliphatic carbocycles. The van der Waals surface area contributed by atoms with Crippen molar-refractivity contribution in [3.05, 3.63) is 45.4 Å². The van der Waals surface area contributed by atoms with Gasteiger partial charge >= 0.3 is 0 Å². The first-order chi connectivity index (χ1) is 16.8. The SMILES string of the molecule is COCc1cc(N(C)C)c2c(c1O)C(=O)C1=C(O)[C@]3(O)C(=O)C(C(N)=O)=C(O)[C@@H](N(C)C)[C@@H]3C[C@@H]1C2. The summed E-state index contributed by atoms with van der Waals surface area (Å²) in [6.45, 7) is 0.0305. The van der Waals surface area contributed by atoms with Gasteiger partial charge in [0.2, 0.25) is 5.78 Å². The van der Waals surface area contributed by atoms with Gasteiger partial charge in [-0.3, -0.25) is 19.3 Å². The summed E-state index contributed by atoms with van der Waals surface area (Å²) in [4.78, 5) is 42.5. The normalized spacial score (nSPS) is 27.7. The van der Waals surface area contributed by atoms with Crippen molar-refractivity contribution in [2.45, 2.75) is 31.1 Å². The minimum absolute atomic E-state index is 0.0305. The highest BCUT2D eigenvalue weighted by Gasteiger charge is 2.63. The molecule has 36 heavy (non-hydrogen) atoms. The zero-order valence-corrected chi connectivity index (χ0v) is 20.8. The molecule has 0 radical (unpaired) electrons. The smallest absolute Gasteiger partial charge is 0.255 e. The number of nitrogens with zero attached hydrogens (tertiary/aromatic N) is 2. The molecule has 0 bridgehead atoms. The molecule has 1 aromatic rings. The van der Waals surface area contributed by atoms with Gasteiger partial charge in [-0.1, -0.05) is 0 Å². The summed E-state index contributed by atoms with van der Waals surface area (Å²) in [5.74, 6) is -6.70. The number of allylic oxidation sites excluding steroid dienone is 1. The predicted molar refractivity (Wildman–Crippen MR) is 129 cm³/mol. The molecular formula is C25H31N3O8. The van der Waals surface area contributed by atoms with E-state index < -0.39 is 58.0 Å². The van der Waals surface area contributed by atoms with E-state index in [0.29, 0.717) is 16.8 Å². The Bertz CT molecular complexity index is 1250. The summed E-state index contributed by atoms with van der Waals surface area (Å²) >= 11 is 0. The van der Waals surface area contributed by atoms with Gasteiger partial charge in [0.15, 0.2) is 11.4 Å². The summed E-state index contributed by atoms with van der Waals surface area (Å²) in [7, 11) is 8.23. The number of primary amides is 1. The van der Waals surface area contributed by atoms with Crippen molar-refractivity contribution in [3.8, 4) is 5.75 Å². The third-order valence-electron chi connectivity index (χ3n) is 7.56. The van der Waals surface area contributed by atoms with Crippen LogP contribution < -0.4 is 10.6 Å². The van der Waals surface area contributed by atoms with Gasteiger partial charge in [-0.05, 0) is 44.5 Å². The largest absolute Gasteiger partial charge is 0.510 e. The lowest BCUT2D eigenvalue weighted by Gasteiger charge is -2.50. The van der Waals surface area contributed by atoms with Crippen molar-refractivity contribution in [3.63, 3.8) is 0 Å². The molecular weight excluding hydrogens is 470 g/mol. The third-order valence-corrected chi connectivity index (χ3v) is 7.56. The molecule has 11 heteroatoms. The molecule has 194 valence electrons. The highest BCUT2D eigenvalue weighted by Crippen LogP contribution is 2.53. The quantitative estimate of drug-likeness (QED) is 0.354. The zero-order chi connectivity index (χ0) is 26.9. The molecule has 0 saturated heterocycles. The molecule has 11 nitrogen and oxygen atoms in total.